The first-order chi connectivity index (χ1) is 10.4. The largest absolute Gasteiger partial charge is 0.496 e. The van der Waals surface area contributed by atoms with Gasteiger partial charge in [-0.3, -0.25) is 4.79 Å². The number of ether oxygens (including phenoxy) is 4. The van der Waals surface area contributed by atoms with Crippen LogP contribution in [0, 0.1) is 0 Å². The molecule has 1 fully saturated rings. The molecule has 0 radical (unpaired) electrons. The molecule has 122 valence electrons. The normalized spacial score (nSPS) is 19.9. The molecule has 1 aromatic rings. The Balaban J connectivity index is 1.77. The fourth-order valence-corrected chi connectivity index (χ4v) is 2.69. The highest BCUT2D eigenvalue weighted by molar-refractivity contribution is 9.10. The Labute approximate surface area is 139 Å². The lowest BCUT2D eigenvalue weighted by atomic mass is 10.1. The van der Waals surface area contributed by atoms with Crippen molar-refractivity contribution in [2.24, 2.45) is 0 Å². The third-order valence-corrected chi connectivity index (χ3v) is 3.83. The molecule has 5 nitrogen and oxygen atoms in total. The molecule has 2 rings (SSSR count). The molecule has 1 saturated heterocycles. The molecule has 22 heavy (non-hydrogen) atoms. The fourth-order valence-electron chi connectivity index (χ4n) is 2.28. The Morgan fingerprint density at radius 1 is 1.45 bits per heavy atom. The van der Waals surface area contributed by atoms with Crippen molar-refractivity contribution in [2.75, 3.05) is 20.3 Å². The minimum atomic E-state index is -0.596. The standard InChI is InChI=1S/C16H21BrO5/c1-16(2)21-10-13(22-16)9-20-15(18)7-4-11-8-12(17)5-6-14(11)19-3/h5-6,8,13H,4,7,9-10H2,1-3H3/t13-/m0/s1. The van der Waals surface area contributed by atoms with Gasteiger partial charge < -0.3 is 18.9 Å². The van der Waals surface area contributed by atoms with Crippen molar-refractivity contribution < 1.29 is 23.7 Å². The molecule has 0 spiro atoms. The smallest absolute Gasteiger partial charge is 0.306 e. The summed E-state index contributed by atoms with van der Waals surface area (Å²) in [7, 11) is 1.62. The highest BCUT2D eigenvalue weighted by Crippen LogP contribution is 2.25. The van der Waals surface area contributed by atoms with Gasteiger partial charge in [-0.25, -0.2) is 0 Å². The maximum Gasteiger partial charge on any atom is 0.306 e. The van der Waals surface area contributed by atoms with Crippen molar-refractivity contribution in [3.05, 3.63) is 28.2 Å². The molecule has 1 heterocycles. The third kappa shape index (κ3) is 4.97. The summed E-state index contributed by atoms with van der Waals surface area (Å²) in [6.45, 7) is 4.35. The van der Waals surface area contributed by atoms with Crippen molar-refractivity contribution in [2.45, 2.75) is 38.6 Å². The predicted octanol–water partition coefficient (Wildman–Crippen LogP) is 3.09. The van der Waals surface area contributed by atoms with Gasteiger partial charge in [0.25, 0.3) is 0 Å². The number of carbonyl (C=O) groups is 1. The Kier molecular flexibility index (Phi) is 5.83. The maximum absolute atomic E-state index is 11.8. The maximum atomic E-state index is 11.8. The number of halogens is 1. The first kappa shape index (κ1) is 17.2. The summed E-state index contributed by atoms with van der Waals surface area (Å²) in [6.07, 6.45) is 0.665. The van der Waals surface area contributed by atoms with Gasteiger partial charge in [0.2, 0.25) is 0 Å². The third-order valence-electron chi connectivity index (χ3n) is 3.34. The molecule has 0 amide bonds. The number of aryl methyl sites for hydroxylation is 1. The van der Waals surface area contributed by atoms with E-state index in [0.717, 1.165) is 15.8 Å². The molecular formula is C16H21BrO5. The molecule has 1 aromatic carbocycles. The van der Waals surface area contributed by atoms with Crippen LogP contribution >= 0.6 is 15.9 Å². The van der Waals surface area contributed by atoms with Crippen LogP contribution in [0.2, 0.25) is 0 Å². The van der Waals surface area contributed by atoms with Gasteiger partial charge in [-0.15, -0.1) is 0 Å². The predicted molar refractivity (Wildman–Crippen MR) is 84.9 cm³/mol. The average Bonchev–Trinajstić information content (AvgIpc) is 2.82. The van der Waals surface area contributed by atoms with Gasteiger partial charge in [-0.1, -0.05) is 15.9 Å². The summed E-state index contributed by atoms with van der Waals surface area (Å²) in [4.78, 5) is 11.8. The van der Waals surface area contributed by atoms with Gasteiger partial charge in [0, 0.05) is 10.9 Å². The molecular weight excluding hydrogens is 352 g/mol. The second-order valence-electron chi connectivity index (χ2n) is 5.59. The molecule has 1 aliphatic heterocycles. The van der Waals surface area contributed by atoms with E-state index in [1.807, 2.05) is 32.0 Å². The molecule has 0 bridgehead atoms. The van der Waals surface area contributed by atoms with Gasteiger partial charge in [0.05, 0.1) is 13.7 Å². The number of carbonyl (C=O) groups excluding carboxylic acids is 1. The van der Waals surface area contributed by atoms with Crippen LogP contribution in [0.25, 0.3) is 0 Å². The molecule has 0 N–H and O–H groups in total. The number of rotatable bonds is 6. The Bertz CT molecular complexity index is 529. The second kappa shape index (κ2) is 7.44. The van der Waals surface area contributed by atoms with E-state index in [-0.39, 0.29) is 18.7 Å². The number of hydrogen-bond acceptors (Lipinski definition) is 5. The van der Waals surface area contributed by atoms with E-state index in [1.165, 1.54) is 0 Å². The zero-order valence-corrected chi connectivity index (χ0v) is 14.6. The number of hydrogen-bond donors (Lipinski definition) is 0. The molecule has 0 unspecified atom stereocenters. The van der Waals surface area contributed by atoms with Crippen molar-refractivity contribution in [3.8, 4) is 5.75 Å². The van der Waals surface area contributed by atoms with Crippen molar-refractivity contribution >= 4 is 21.9 Å². The van der Waals surface area contributed by atoms with E-state index in [2.05, 4.69) is 15.9 Å². The van der Waals surface area contributed by atoms with E-state index in [0.29, 0.717) is 19.4 Å². The van der Waals surface area contributed by atoms with Crippen LogP contribution in [0.15, 0.2) is 22.7 Å². The van der Waals surface area contributed by atoms with Gasteiger partial charge in [-0.05, 0) is 44.0 Å². The first-order valence-corrected chi connectivity index (χ1v) is 7.99. The Hall–Kier alpha value is -1.11. The van der Waals surface area contributed by atoms with Gasteiger partial charge in [0.15, 0.2) is 5.79 Å². The van der Waals surface area contributed by atoms with Crippen molar-refractivity contribution in [1.29, 1.82) is 0 Å². The lowest BCUT2D eigenvalue weighted by Crippen LogP contribution is -2.25. The summed E-state index contributed by atoms with van der Waals surface area (Å²) >= 11 is 3.42. The number of methoxy groups -OCH3 is 1. The zero-order valence-electron chi connectivity index (χ0n) is 13.1. The minimum Gasteiger partial charge on any atom is -0.496 e. The molecule has 1 aliphatic rings. The van der Waals surface area contributed by atoms with Crippen LogP contribution in [0.1, 0.15) is 25.8 Å². The van der Waals surface area contributed by atoms with Crippen LogP contribution in [-0.4, -0.2) is 38.2 Å². The summed E-state index contributed by atoms with van der Waals surface area (Å²) < 4.78 is 22.5. The summed E-state index contributed by atoms with van der Waals surface area (Å²) in [6, 6.07) is 5.72. The molecule has 1 atom stereocenters. The van der Waals surface area contributed by atoms with Crippen LogP contribution in [0.5, 0.6) is 5.75 Å². The van der Waals surface area contributed by atoms with E-state index in [4.69, 9.17) is 18.9 Å². The van der Waals surface area contributed by atoms with Crippen LogP contribution in [-0.2, 0) is 25.4 Å². The SMILES string of the molecule is COc1ccc(Br)cc1CCC(=O)OC[C@H]1COC(C)(C)O1. The average molecular weight is 373 g/mol. The molecule has 0 saturated carbocycles. The quantitative estimate of drug-likeness (QED) is 0.718. The molecule has 0 aliphatic carbocycles. The number of benzene rings is 1. The lowest BCUT2D eigenvalue weighted by molar-refractivity contribution is -0.158. The van der Waals surface area contributed by atoms with Crippen LogP contribution in [0.3, 0.4) is 0 Å². The molecule has 6 heteroatoms. The monoisotopic (exact) mass is 372 g/mol. The fraction of sp³-hybridized carbons (Fsp3) is 0.562. The Morgan fingerprint density at radius 3 is 2.86 bits per heavy atom. The van der Waals surface area contributed by atoms with Gasteiger partial charge in [0.1, 0.15) is 18.5 Å². The summed E-state index contributed by atoms with van der Waals surface area (Å²) in [5, 5.41) is 0. The summed E-state index contributed by atoms with van der Waals surface area (Å²) in [5.74, 6) is -0.0820. The van der Waals surface area contributed by atoms with E-state index < -0.39 is 5.79 Å². The van der Waals surface area contributed by atoms with Crippen molar-refractivity contribution in [1.82, 2.24) is 0 Å². The highest BCUT2D eigenvalue weighted by atomic mass is 79.9. The highest BCUT2D eigenvalue weighted by Gasteiger charge is 2.33. The van der Waals surface area contributed by atoms with Gasteiger partial charge >= 0.3 is 5.97 Å². The Morgan fingerprint density at radius 2 is 2.23 bits per heavy atom. The molecule has 0 aromatic heterocycles. The zero-order chi connectivity index (χ0) is 16.2. The minimum absolute atomic E-state index is 0.195. The lowest BCUT2D eigenvalue weighted by Gasteiger charge is -2.17. The van der Waals surface area contributed by atoms with E-state index in [9.17, 15) is 4.79 Å². The first-order valence-electron chi connectivity index (χ1n) is 7.19. The van der Waals surface area contributed by atoms with Gasteiger partial charge in [-0.2, -0.15) is 0 Å². The van der Waals surface area contributed by atoms with Crippen LogP contribution in [0.4, 0.5) is 0 Å². The second-order valence-corrected chi connectivity index (χ2v) is 6.51. The summed E-state index contributed by atoms with van der Waals surface area (Å²) in [5.41, 5.74) is 0.968. The van der Waals surface area contributed by atoms with E-state index >= 15 is 0 Å². The van der Waals surface area contributed by atoms with Crippen LogP contribution < -0.4 is 4.74 Å². The topological polar surface area (TPSA) is 54.0 Å². The number of esters is 1. The van der Waals surface area contributed by atoms with Crippen molar-refractivity contribution in [3.63, 3.8) is 0 Å². The van der Waals surface area contributed by atoms with E-state index in [1.54, 1.807) is 7.11 Å².